The first kappa shape index (κ1) is 19.9. The molecule has 2 aromatic carbocycles. The Kier molecular flexibility index (Phi) is 6.77. The molecule has 0 fully saturated rings. The van der Waals surface area contributed by atoms with E-state index in [1.54, 1.807) is 7.11 Å². The number of rotatable bonds is 8. The lowest BCUT2D eigenvalue weighted by atomic mass is 10.0. The first-order chi connectivity index (χ1) is 12.3. The lowest BCUT2D eigenvalue weighted by molar-refractivity contribution is -0.143. The highest BCUT2D eigenvalue weighted by atomic mass is 16.5. The Hall–Kier alpha value is -2.37. The van der Waals surface area contributed by atoms with Crippen LogP contribution in [0, 0.1) is 6.92 Å². The summed E-state index contributed by atoms with van der Waals surface area (Å²) in [5.41, 5.74) is 4.01. The van der Waals surface area contributed by atoms with Gasteiger partial charge in [0.1, 0.15) is 11.8 Å². The molecule has 0 bridgehead atoms. The molecule has 0 amide bonds. The molecule has 140 valence electrons. The third kappa shape index (κ3) is 4.84. The number of carbonyl (C=O) groups is 1. The van der Waals surface area contributed by atoms with Crippen LogP contribution in [0.25, 0.3) is 0 Å². The van der Waals surface area contributed by atoms with Crippen molar-refractivity contribution in [1.82, 2.24) is 9.80 Å². The number of aliphatic carboxylic acids is 1. The Labute approximate surface area is 155 Å². The molecular weight excluding hydrogens is 328 g/mol. The topological polar surface area (TPSA) is 53.0 Å². The average Bonchev–Trinajstić information content (AvgIpc) is 2.56. The van der Waals surface area contributed by atoms with E-state index >= 15 is 0 Å². The van der Waals surface area contributed by atoms with Crippen molar-refractivity contribution < 1.29 is 14.6 Å². The van der Waals surface area contributed by atoms with Gasteiger partial charge in [0.05, 0.1) is 7.11 Å². The van der Waals surface area contributed by atoms with Gasteiger partial charge in [-0.3, -0.25) is 9.69 Å². The van der Waals surface area contributed by atoms with Crippen LogP contribution in [0.15, 0.2) is 42.5 Å². The van der Waals surface area contributed by atoms with Crippen molar-refractivity contribution >= 4 is 5.97 Å². The summed E-state index contributed by atoms with van der Waals surface area (Å²) in [6.07, 6.45) is 0. The lowest BCUT2D eigenvalue weighted by Gasteiger charge is -2.27. The lowest BCUT2D eigenvalue weighted by Crippen LogP contribution is -2.31. The largest absolute Gasteiger partial charge is 0.496 e. The van der Waals surface area contributed by atoms with Gasteiger partial charge >= 0.3 is 5.97 Å². The van der Waals surface area contributed by atoms with E-state index in [2.05, 4.69) is 17.0 Å². The van der Waals surface area contributed by atoms with Gasteiger partial charge in [0.2, 0.25) is 0 Å². The standard InChI is InChI=1S/C21H28N2O3/c1-15-10-11-19(26-5)18(12-15)20(21(24)25)23(4)14-17-9-7-6-8-16(17)13-22(2)3/h6-12,20H,13-14H2,1-5H3,(H,24,25). The number of ether oxygens (including phenoxy) is 1. The van der Waals surface area contributed by atoms with Gasteiger partial charge in [-0.25, -0.2) is 0 Å². The second-order valence-corrected chi connectivity index (χ2v) is 6.91. The molecule has 0 aliphatic rings. The molecule has 1 unspecified atom stereocenters. The maximum Gasteiger partial charge on any atom is 0.325 e. The first-order valence-corrected chi connectivity index (χ1v) is 8.62. The predicted octanol–water partition coefficient (Wildman–Crippen LogP) is 3.32. The van der Waals surface area contributed by atoms with Crippen molar-refractivity contribution in [2.45, 2.75) is 26.1 Å². The molecule has 0 heterocycles. The highest BCUT2D eigenvalue weighted by molar-refractivity contribution is 5.77. The fourth-order valence-corrected chi connectivity index (χ4v) is 3.19. The van der Waals surface area contributed by atoms with E-state index in [-0.39, 0.29) is 0 Å². The van der Waals surface area contributed by atoms with Gasteiger partial charge in [0, 0.05) is 18.7 Å². The Balaban J connectivity index is 2.35. The number of hydrogen-bond acceptors (Lipinski definition) is 4. The molecule has 0 radical (unpaired) electrons. The minimum absolute atomic E-state index is 0.540. The summed E-state index contributed by atoms with van der Waals surface area (Å²) in [4.78, 5) is 16.0. The summed E-state index contributed by atoms with van der Waals surface area (Å²) < 4.78 is 5.41. The van der Waals surface area contributed by atoms with E-state index in [4.69, 9.17) is 4.74 Å². The molecule has 5 nitrogen and oxygen atoms in total. The van der Waals surface area contributed by atoms with Gasteiger partial charge in [0.15, 0.2) is 0 Å². The monoisotopic (exact) mass is 356 g/mol. The number of methoxy groups -OCH3 is 1. The third-order valence-corrected chi connectivity index (χ3v) is 4.38. The molecular formula is C21H28N2O3. The summed E-state index contributed by atoms with van der Waals surface area (Å²) in [5, 5.41) is 9.90. The molecule has 2 aromatic rings. The zero-order valence-electron chi connectivity index (χ0n) is 16.2. The summed E-state index contributed by atoms with van der Waals surface area (Å²) >= 11 is 0. The second-order valence-electron chi connectivity index (χ2n) is 6.91. The van der Waals surface area contributed by atoms with Crippen molar-refractivity contribution in [1.29, 1.82) is 0 Å². The van der Waals surface area contributed by atoms with Gasteiger partial charge in [0.25, 0.3) is 0 Å². The summed E-state index contributed by atoms with van der Waals surface area (Å²) in [6, 6.07) is 13.0. The normalized spacial score (nSPS) is 12.4. The van der Waals surface area contributed by atoms with Gasteiger partial charge in [-0.2, -0.15) is 0 Å². The number of carboxylic acid groups (broad SMARTS) is 1. The smallest absolute Gasteiger partial charge is 0.325 e. The van der Waals surface area contributed by atoms with Gasteiger partial charge in [-0.05, 0) is 45.3 Å². The van der Waals surface area contributed by atoms with Gasteiger partial charge < -0.3 is 14.7 Å². The molecule has 0 aliphatic heterocycles. The molecule has 1 atom stereocenters. The fraction of sp³-hybridized carbons (Fsp3) is 0.381. The molecule has 5 heteroatoms. The number of aryl methyl sites for hydroxylation is 1. The number of nitrogens with zero attached hydrogens (tertiary/aromatic N) is 2. The number of benzene rings is 2. The molecule has 0 spiro atoms. The Morgan fingerprint density at radius 2 is 1.69 bits per heavy atom. The van der Waals surface area contributed by atoms with E-state index in [0.29, 0.717) is 17.9 Å². The van der Waals surface area contributed by atoms with Crippen LogP contribution in [0.1, 0.15) is 28.3 Å². The van der Waals surface area contributed by atoms with Crippen molar-refractivity contribution in [3.8, 4) is 5.75 Å². The van der Waals surface area contributed by atoms with E-state index in [1.165, 1.54) is 5.56 Å². The summed E-state index contributed by atoms with van der Waals surface area (Å²) in [7, 11) is 7.46. The predicted molar refractivity (Wildman–Crippen MR) is 103 cm³/mol. The van der Waals surface area contributed by atoms with Crippen LogP contribution < -0.4 is 4.74 Å². The fourth-order valence-electron chi connectivity index (χ4n) is 3.19. The molecule has 0 aliphatic carbocycles. The van der Waals surface area contributed by atoms with Gasteiger partial charge in [-0.1, -0.05) is 42.0 Å². The average molecular weight is 356 g/mol. The van der Waals surface area contributed by atoms with Crippen LogP contribution in [0.2, 0.25) is 0 Å². The summed E-state index contributed by atoms with van der Waals surface area (Å²) in [6.45, 7) is 3.31. The van der Waals surface area contributed by atoms with E-state index in [0.717, 1.165) is 17.7 Å². The number of likely N-dealkylation sites (N-methyl/N-ethyl adjacent to an activating group) is 1. The van der Waals surface area contributed by atoms with Crippen LogP contribution in [0.3, 0.4) is 0 Å². The van der Waals surface area contributed by atoms with Crippen molar-refractivity contribution in [2.24, 2.45) is 0 Å². The Morgan fingerprint density at radius 1 is 1.08 bits per heavy atom. The zero-order chi connectivity index (χ0) is 19.3. The van der Waals surface area contributed by atoms with E-state index in [1.807, 2.05) is 63.3 Å². The number of carboxylic acids is 1. The van der Waals surface area contributed by atoms with Gasteiger partial charge in [-0.15, -0.1) is 0 Å². The molecule has 26 heavy (non-hydrogen) atoms. The maximum absolute atomic E-state index is 12.1. The first-order valence-electron chi connectivity index (χ1n) is 8.62. The van der Waals surface area contributed by atoms with Crippen LogP contribution in [0.4, 0.5) is 0 Å². The van der Waals surface area contributed by atoms with Crippen molar-refractivity contribution in [2.75, 3.05) is 28.3 Å². The number of hydrogen-bond donors (Lipinski definition) is 1. The van der Waals surface area contributed by atoms with E-state index < -0.39 is 12.0 Å². The second kappa shape index (κ2) is 8.83. The van der Waals surface area contributed by atoms with Crippen LogP contribution >= 0.6 is 0 Å². The van der Waals surface area contributed by atoms with Crippen molar-refractivity contribution in [3.05, 3.63) is 64.7 Å². The minimum Gasteiger partial charge on any atom is -0.496 e. The van der Waals surface area contributed by atoms with Crippen LogP contribution in [0.5, 0.6) is 5.75 Å². The molecule has 0 aromatic heterocycles. The minimum atomic E-state index is -0.888. The SMILES string of the molecule is COc1ccc(C)cc1C(C(=O)O)N(C)Cc1ccccc1CN(C)C. The van der Waals surface area contributed by atoms with E-state index in [9.17, 15) is 9.90 Å². The Morgan fingerprint density at radius 3 is 2.23 bits per heavy atom. The highest BCUT2D eigenvalue weighted by Gasteiger charge is 2.28. The van der Waals surface area contributed by atoms with Crippen LogP contribution in [-0.2, 0) is 17.9 Å². The quantitative estimate of drug-likeness (QED) is 0.786. The molecule has 0 saturated carbocycles. The zero-order valence-corrected chi connectivity index (χ0v) is 16.2. The molecule has 0 saturated heterocycles. The molecule has 1 N–H and O–H groups in total. The van der Waals surface area contributed by atoms with Crippen LogP contribution in [-0.4, -0.2) is 49.1 Å². The molecule has 2 rings (SSSR count). The maximum atomic E-state index is 12.1. The highest BCUT2D eigenvalue weighted by Crippen LogP contribution is 2.31. The van der Waals surface area contributed by atoms with Crippen molar-refractivity contribution in [3.63, 3.8) is 0 Å². The summed E-state index contributed by atoms with van der Waals surface area (Å²) in [5.74, 6) is -0.294. The third-order valence-electron chi connectivity index (χ3n) is 4.38. The Bertz CT molecular complexity index is 759.